The number of carboxylic acid groups (broad SMARTS) is 1. The number of benzene rings is 1. The van der Waals surface area contributed by atoms with Crippen LogP contribution in [-0.4, -0.2) is 87.1 Å². The highest BCUT2D eigenvalue weighted by molar-refractivity contribution is 5.94. The Hall–Kier alpha value is -3.71. The number of nitrogens with two attached hydrogens (primary N) is 2. The molecule has 192 valence electrons. The molecule has 0 bridgehead atoms. The number of likely N-dealkylation sites (tertiary alicyclic amines) is 1. The first-order valence-corrected chi connectivity index (χ1v) is 11.1. The van der Waals surface area contributed by atoms with Crippen LogP contribution >= 0.6 is 0 Å². The third-order valence-corrected chi connectivity index (χ3v) is 5.66. The van der Waals surface area contributed by atoms with E-state index in [2.05, 4.69) is 10.6 Å². The van der Waals surface area contributed by atoms with Crippen LogP contribution in [0.5, 0.6) is 5.75 Å². The molecule has 0 spiro atoms. The van der Waals surface area contributed by atoms with E-state index in [1.165, 1.54) is 29.2 Å². The van der Waals surface area contributed by atoms with Crippen molar-refractivity contribution in [2.24, 2.45) is 11.5 Å². The maximum atomic E-state index is 13.2. The van der Waals surface area contributed by atoms with Crippen LogP contribution < -0.4 is 22.1 Å². The number of amides is 4. The van der Waals surface area contributed by atoms with Gasteiger partial charge in [0.2, 0.25) is 23.6 Å². The number of hydrogen-bond donors (Lipinski definition) is 7. The zero-order valence-electron chi connectivity index (χ0n) is 19.1. The fourth-order valence-corrected chi connectivity index (χ4v) is 3.74. The van der Waals surface area contributed by atoms with E-state index in [0.29, 0.717) is 12.0 Å². The van der Waals surface area contributed by atoms with E-state index < -0.39 is 60.4 Å². The first-order valence-electron chi connectivity index (χ1n) is 11.1. The molecule has 13 heteroatoms. The number of aromatic hydroxyl groups is 1. The highest BCUT2D eigenvalue weighted by atomic mass is 16.4. The number of carbonyl (C=O) groups excluding carboxylic acids is 4. The van der Waals surface area contributed by atoms with Crippen molar-refractivity contribution in [2.75, 3.05) is 13.2 Å². The molecule has 1 aromatic carbocycles. The van der Waals surface area contributed by atoms with Gasteiger partial charge in [0.15, 0.2) is 0 Å². The van der Waals surface area contributed by atoms with Gasteiger partial charge in [-0.2, -0.15) is 0 Å². The predicted octanol–water partition coefficient (Wildman–Crippen LogP) is -2.43. The predicted molar refractivity (Wildman–Crippen MR) is 122 cm³/mol. The van der Waals surface area contributed by atoms with Crippen molar-refractivity contribution in [3.8, 4) is 5.75 Å². The van der Waals surface area contributed by atoms with E-state index in [1.807, 2.05) is 0 Å². The van der Waals surface area contributed by atoms with Crippen LogP contribution in [0.4, 0.5) is 0 Å². The summed E-state index contributed by atoms with van der Waals surface area (Å²) in [7, 11) is 0. The lowest BCUT2D eigenvalue weighted by atomic mass is 10.0. The summed E-state index contributed by atoms with van der Waals surface area (Å²) in [6, 6.07) is 1.10. The fourth-order valence-electron chi connectivity index (χ4n) is 3.74. The van der Waals surface area contributed by atoms with Crippen LogP contribution in [0.2, 0.25) is 0 Å². The van der Waals surface area contributed by atoms with Gasteiger partial charge in [0, 0.05) is 19.4 Å². The van der Waals surface area contributed by atoms with Crippen LogP contribution in [-0.2, 0) is 30.4 Å². The molecule has 4 unspecified atom stereocenters. The normalized spacial score (nSPS) is 17.8. The van der Waals surface area contributed by atoms with Gasteiger partial charge in [-0.3, -0.25) is 19.2 Å². The first kappa shape index (κ1) is 27.5. The highest BCUT2D eigenvalue weighted by Crippen LogP contribution is 2.20. The molecule has 4 amide bonds. The Labute approximate surface area is 201 Å². The Morgan fingerprint density at radius 1 is 1.09 bits per heavy atom. The third-order valence-electron chi connectivity index (χ3n) is 5.66. The van der Waals surface area contributed by atoms with Crippen molar-refractivity contribution in [3.05, 3.63) is 29.8 Å². The van der Waals surface area contributed by atoms with Gasteiger partial charge in [0.05, 0.1) is 6.61 Å². The van der Waals surface area contributed by atoms with Crippen molar-refractivity contribution >= 4 is 29.6 Å². The Morgan fingerprint density at radius 2 is 1.74 bits per heavy atom. The van der Waals surface area contributed by atoms with E-state index in [1.54, 1.807) is 0 Å². The minimum Gasteiger partial charge on any atom is -0.508 e. The van der Waals surface area contributed by atoms with Gasteiger partial charge < -0.3 is 42.3 Å². The van der Waals surface area contributed by atoms with Gasteiger partial charge in [0.25, 0.3) is 0 Å². The van der Waals surface area contributed by atoms with Crippen molar-refractivity contribution in [1.29, 1.82) is 0 Å². The first-order chi connectivity index (χ1) is 16.5. The average Bonchev–Trinajstić information content (AvgIpc) is 3.31. The summed E-state index contributed by atoms with van der Waals surface area (Å²) >= 11 is 0. The Kier molecular flexibility index (Phi) is 9.97. The average molecular weight is 494 g/mol. The summed E-state index contributed by atoms with van der Waals surface area (Å²) in [4.78, 5) is 62.5. The van der Waals surface area contributed by atoms with Crippen LogP contribution in [0, 0.1) is 0 Å². The topological polar surface area (TPSA) is 225 Å². The van der Waals surface area contributed by atoms with Crippen molar-refractivity contribution in [2.45, 2.75) is 56.3 Å². The Balaban J connectivity index is 2.13. The zero-order valence-corrected chi connectivity index (χ0v) is 19.1. The highest BCUT2D eigenvalue weighted by Gasteiger charge is 2.39. The Morgan fingerprint density at radius 3 is 2.31 bits per heavy atom. The summed E-state index contributed by atoms with van der Waals surface area (Å²) in [6.45, 7) is -0.476. The van der Waals surface area contributed by atoms with E-state index in [-0.39, 0.29) is 38.0 Å². The van der Waals surface area contributed by atoms with E-state index in [9.17, 15) is 34.2 Å². The smallest absolute Gasteiger partial charge is 0.326 e. The number of rotatable bonds is 12. The summed E-state index contributed by atoms with van der Waals surface area (Å²) in [6.07, 6.45) is 0.339. The molecule has 1 saturated heterocycles. The molecular weight excluding hydrogens is 462 g/mol. The molecule has 4 atom stereocenters. The van der Waals surface area contributed by atoms with Crippen LogP contribution in [0.15, 0.2) is 24.3 Å². The second kappa shape index (κ2) is 12.7. The quantitative estimate of drug-likeness (QED) is 0.164. The maximum Gasteiger partial charge on any atom is 0.326 e. The second-order valence-corrected chi connectivity index (χ2v) is 8.31. The maximum absolute atomic E-state index is 13.2. The number of primary amides is 1. The number of phenolic OH excluding ortho intramolecular Hbond substituents is 1. The summed E-state index contributed by atoms with van der Waals surface area (Å²) in [5.41, 5.74) is 11.2. The summed E-state index contributed by atoms with van der Waals surface area (Å²) in [5.74, 6) is -4.08. The van der Waals surface area contributed by atoms with E-state index in [4.69, 9.17) is 16.6 Å². The fraction of sp³-hybridized carbons (Fsp3) is 0.500. The summed E-state index contributed by atoms with van der Waals surface area (Å²) in [5, 5.41) is 32.9. The number of carbonyl (C=O) groups is 5. The van der Waals surface area contributed by atoms with E-state index >= 15 is 0 Å². The van der Waals surface area contributed by atoms with Crippen molar-refractivity contribution in [3.63, 3.8) is 0 Å². The molecule has 0 saturated carbocycles. The van der Waals surface area contributed by atoms with Gasteiger partial charge >= 0.3 is 5.97 Å². The largest absolute Gasteiger partial charge is 0.508 e. The monoisotopic (exact) mass is 493 g/mol. The molecule has 1 aliphatic rings. The number of phenols is 1. The number of nitrogens with zero attached hydrogens (tertiary/aromatic N) is 1. The lowest BCUT2D eigenvalue weighted by Gasteiger charge is -2.29. The molecule has 13 nitrogen and oxygen atoms in total. The van der Waals surface area contributed by atoms with Crippen molar-refractivity contribution in [1.82, 2.24) is 15.5 Å². The lowest BCUT2D eigenvalue weighted by molar-refractivity contribution is -0.145. The lowest BCUT2D eigenvalue weighted by Crippen LogP contribution is -2.57. The van der Waals surface area contributed by atoms with Crippen molar-refractivity contribution < 1.29 is 39.3 Å². The number of aliphatic carboxylic acids is 1. The molecule has 1 fully saturated rings. The van der Waals surface area contributed by atoms with Gasteiger partial charge in [-0.15, -0.1) is 0 Å². The van der Waals surface area contributed by atoms with E-state index in [0.717, 1.165) is 0 Å². The standard InChI is InChI=1S/C22H31N5O8/c23-14(11-28)19(31)25-15(7-8-18(24)30)21(33)27-9-1-2-17(27)20(32)26-16(22(34)35)10-12-3-5-13(29)6-4-12/h3-6,14-17,28-29H,1-2,7-11,23H2,(H2,24,30)(H,25,31)(H,26,32)(H,34,35). The van der Waals surface area contributed by atoms with Gasteiger partial charge in [-0.25, -0.2) is 4.79 Å². The third kappa shape index (κ3) is 7.93. The van der Waals surface area contributed by atoms with Gasteiger partial charge in [0.1, 0.15) is 29.9 Å². The second-order valence-electron chi connectivity index (χ2n) is 8.31. The molecule has 0 aliphatic carbocycles. The molecule has 2 rings (SSSR count). The minimum atomic E-state index is -1.28. The number of carboxylic acids is 1. The number of aliphatic hydroxyl groups is 1. The number of aliphatic hydroxyl groups excluding tert-OH is 1. The molecular formula is C22H31N5O8. The molecule has 1 aliphatic heterocycles. The summed E-state index contributed by atoms with van der Waals surface area (Å²) < 4.78 is 0. The molecule has 1 aromatic rings. The van der Waals surface area contributed by atoms with Gasteiger partial charge in [-0.05, 0) is 37.0 Å². The minimum absolute atomic E-state index is 0.0164. The van der Waals surface area contributed by atoms with Gasteiger partial charge in [-0.1, -0.05) is 12.1 Å². The number of nitrogens with one attached hydrogen (secondary N) is 2. The molecule has 9 N–H and O–H groups in total. The molecule has 35 heavy (non-hydrogen) atoms. The molecule has 1 heterocycles. The van der Waals surface area contributed by atoms with Crippen LogP contribution in [0.1, 0.15) is 31.2 Å². The van der Waals surface area contributed by atoms with Crippen LogP contribution in [0.25, 0.3) is 0 Å². The SMILES string of the molecule is NC(=O)CCC(NC(=O)C(N)CO)C(=O)N1CCCC1C(=O)NC(Cc1ccc(O)cc1)C(=O)O. The zero-order chi connectivity index (χ0) is 26.1. The molecule has 0 aromatic heterocycles. The Bertz CT molecular complexity index is 938. The number of hydrogen-bond acceptors (Lipinski definition) is 8. The molecule has 0 radical (unpaired) electrons. The van der Waals surface area contributed by atoms with Crippen LogP contribution in [0.3, 0.4) is 0 Å².